The van der Waals surface area contributed by atoms with Gasteiger partial charge in [0.15, 0.2) is 6.61 Å². The predicted molar refractivity (Wildman–Crippen MR) is 119 cm³/mol. The van der Waals surface area contributed by atoms with Gasteiger partial charge in [-0.3, -0.25) is 4.79 Å². The minimum Gasteiger partial charge on any atom is -0.483 e. The molecule has 0 aromatic heterocycles. The van der Waals surface area contributed by atoms with Crippen LogP contribution in [-0.2, 0) is 20.2 Å². The maximum Gasteiger partial charge on any atom is 0.262 e. The SMILES string of the molecule is CCCNS(=O)(=O)c1ccc(NC(=O)COc2ccc(C(C)(C)C)cc2Br)cc1. The molecule has 0 saturated carbocycles. The van der Waals surface area contributed by atoms with E-state index in [0.29, 0.717) is 24.4 Å². The van der Waals surface area contributed by atoms with E-state index < -0.39 is 10.0 Å². The van der Waals surface area contributed by atoms with Crippen molar-refractivity contribution in [3.63, 3.8) is 0 Å². The fraction of sp³-hybridized carbons (Fsp3) is 0.381. The van der Waals surface area contributed by atoms with E-state index in [-0.39, 0.29) is 22.8 Å². The van der Waals surface area contributed by atoms with E-state index in [1.54, 1.807) is 12.1 Å². The third kappa shape index (κ3) is 6.83. The van der Waals surface area contributed by atoms with Gasteiger partial charge in [-0.25, -0.2) is 13.1 Å². The summed E-state index contributed by atoms with van der Waals surface area (Å²) < 4.78 is 33.0. The minimum absolute atomic E-state index is 0.0180. The van der Waals surface area contributed by atoms with Crippen molar-refractivity contribution in [3.8, 4) is 5.75 Å². The van der Waals surface area contributed by atoms with Crippen LogP contribution in [0.2, 0.25) is 0 Å². The number of hydrogen-bond donors (Lipinski definition) is 2. The second-order valence-electron chi connectivity index (χ2n) is 7.65. The first kappa shape index (κ1) is 23.4. The van der Waals surface area contributed by atoms with Crippen molar-refractivity contribution in [1.82, 2.24) is 4.72 Å². The summed E-state index contributed by atoms with van der Waals surface area (Å²) in [4.78, 5) is 12.3. The fourth-order valence-electron chi connectivity index (χ4n) is 2.46. The first-order chi connectivity index (χ1) is 13.5. The van der Waals surface area contributed by atoms with Crippen LogP contribution in [0.15, 0.2) is 51.8 Å². The van der Waals surface area contributed by atoms with Gasteiger partial charge in [-0.2, -0.15) is 0 Å². The van der Waals surface area contributed by atoms with Gasteiger partial charge in [0.25, 0.3) is 5.91 Å². The van der Waals surface area contributed by atoms with Crippen LogP contribution in [0.1, 0.15) is 39.7 Å². The van der Waals surface area contributed by atoms with E-state index in [9.17, 15) is 13.2 Å². The molecule has 0 spiro atoms. The lowest BCUT2D eigenvalue weighted by molar-refractivity contribution is -0.118. The van der Waals surface area contributed by atoms with Crippen molar-refractivity contribution in [2.45, 2.75) is 44.4 Å². The zero-order valence-electron chi connectivity index (χ0n) is 17.1. The smallest absolute Gasteiger partial charge is 0.262 e. The number of anilines is 1. The van der Waals surface area contributed by atoms with Crippen molar-refractivity contribution in [3.05, 3.63) is 52.5 Å². The van der Waals surface area contributed by atoms with Crippen molar-refractivity contribution in [2.75, 3.05) is 18.5 Å². The molecule has 2 N–H and O–H groups in total. The summed E-state index contributed by atoms with van der Waals surface area (Å²) in [6.45, 7) is 8.48. The molecule has 0 saturated heterocycles. The molecule has 29 heavy (non-hydrogen) atoms. The Balaban J connectivity index is 1.94. The van der Waals surface area contributed by atoms with Gasteiger partial charge in [0.1, 0.15) is 5.75 Å². The molecule has 2 aromatic rings. The van der Waals surface area contributed by atoms with Crippen LogP contribution in [0.25, 0.3) is 0 Å². The summed E-state index contributed by atoms with van der Waals surface area (Å²) in [5.41, 5.74) is 1.67. The molecule has 0 fully saturated rings. The quantitative estimate of drug-likeness (QED) is 0.581. The van der Waals surface area contributed by atoms with Gasteiger partial charge in [-0.1, -0.05) is 33.8 Å². The molecule has 0 aliphatic rings. The molecule has 8 heteroatoms. The lowest BCUT2D eigenvalue weighted by Gasteiger charge is -2.20. The third-order valence-electron chi connectivity index (χ3n) is 4.15. The van der Waals surface area contributed by atoms with E-state index in [1.807, 2.05) is 25.1 Å². The second kappa shape index (κ2) is 9.73. The lowest BCUT2D eigenvalue weighted by atomic mass is 9.87. The number of carbonyl (C=O) groups is 1. The monoisotopic (exact) mass is 482 g/mol. The number of halogens is 1. The summed E-state index contributed by atoms with van der Waals surface area (Å²) in [5, 5.41) is 2.69. The Morgan fingerprint density at radius 2 is 1.76 bits per heavy atom. The number of ether oxygens (including phenoxy) is 1. The van der Waals surface area contributed by atoms with Gasteiger partial charge in [0.2, 0.25) is 10.0 Å². The highest BCUT2D eigenvalue weighted by atomic mass is 79.9. The predicted octanol–water partition coefficient (Wildman–Crippen LogP) is 4.45. The van der Waals surface area contributed by atoms with Crippen molar-refractivity contribution in [1.29, 1.82) is 0 Å². The normalized spacial score (nSPS) is 11.9. The molecule has 0 heterocycles. The number of benzene rings is 2. The Hall–Kier alpha value is -1.90. The molecule has 0 unspecified atom stereocenters. The first-order valence-electron chi connectivity index (χ1n) is 9.35. The molecule has 0 radical (unpaired) electrons. The average molecular weight is 483 g/mol. The maximum atomic E-state index is 12.2. The Morgan fingerprint density at radius 3 is 2.31 bits per heavy atom. The van der Waals surface area contributed by atoms with Crippen LogP contribution in [0.3, 0.4) is 0 Å². The van der Waals surface area contributed by atoms with Crippen LogP contribution in [0.5, 0.6) is 5.75 Å². The molecule has 158 valence electrons. The van der Waals surface area contributed by atoms with E-state index in [0.717, 1.165) is 10.0 Å². The van der Waals surface area contributed by atoms with E-state index >= 15 is 0 Å². The van der Waals surface area contributed by atoms with Crippen LogP contribution in [0, 0.1) is 0 Å². The highest BCUT2D eigenvalue weighted by molar-refractivity contribution is 9.10. The number of nitrogens with one attached hydrogen (secondary N) is 2. The third-order valence-corrected chi connectivity index (χ3v) is 6.24. The largest absolute Gasteiger partial charge is 0.483 e. The average Bonchev–Trinajstić information content (AvgIpc) is 2.65. The van der Waals surface area contributed by atoms with Crippen LogP contribution >= 0.6 is 15.9 Å². The molecule has 0 atom stereocenters. The Labute approximate surface area is 181 Å². The van der Waals surface area contributed by atoms with Crippen LogP contribution in [-0.4, -0.2) is 27.5 Å². The Kier molecular flexibility index (Phi) is 7.85. The summed E-state index contributed by atoms with van der Waals surface area (Å²) >= 11 is 3.48. The number of carbonyl (C=O) groups excluding carboxylic acids is 1. The van der Waals surface area contributed by atoms with Crippen molar-refractivity contribution < 1.29 is 17.9 Å². The van der Waals surface area contributed by atoms with Gasteiger partial charge in [-0.15, -0.1) is 0 Å². The number of sulfonamides is 1. The highest BCUT2D eigenvalue weighted by Crippen LogP contribution is 2.31. The highest BCUT2D eigenvalue weighted by Gasteiger charge is 2.16. The molecular weight excluding hydrogens is 456 g/mol. The van der Waals surface area contributed by atoms with Crippen LogP contribution < -0.4 is 14.8 Å². The molecule has 0 aliphatic heterocycles. The van der Waals surface area contributed by atoms with Gasteiger partial charge in [0, 0.05) is 12.2 Å². The zero-order chi connectivity index (χ0) is 21.7. The topological polar surface area (TPSA) is 84.5 Å². The fourth-order valence-corrected chi connectivity index (χ4v) is 4.09. The Morgan fingerprint density at radius 1 is 1.10 bits per heavy atom. The maximum absolute atomic E-state index is 12.2. The molecule has 2 rings (SSSR count). The van der Waals surface area contributed by atoms with Gasteiger partial charge < -0.3 is 10.1 Å². The van der Waals surface area contributed by atoms with Gasteiger partial charge in [-0.05, 0) is 69.7 Å². The van der Waals surface area contributed by atoms with Crippen molar-refractivity contribution >= 4 is 37.5 Å². The summed E-state index contributed by atoms with van der Waals surface area (Å²) in [6.07, 6.45) is 0.711. The lowest BCUT2D eigenvalue weighted by Crippen LogP contribution is -2.24. The first-order valence-corrected chi connectivity index (χ1v) is 11.6. The van der Waals surface area contributed by atoms with Crippen molar-refractivity contribution in [2.24, 2.45) is 0 Å². The molecule has 6 nitrogen and oxygen atoms in total. The second-order valence-corrected chi connectivity index (χ2v) is 10.3. The minimum atomic E-state index is -3.53. The summed E-state index contributed by atoms with van der Waals surface area (Å²) in [5.74, 6) is 0.244. The standard InChI is InChI=1S/C21H27BrN2O4S/c1-5-12-23-29(26,27)17-9-7-16(8-10-17)24-20(25)14-28-19-11-6-15(13-18(19)22)21(2,3)4/h6-11,13,23H,5,12,14H2,1-4H3,(H,24,25). The van der Waals surface area contributed by atoms with E-state index in [1.165, 1.54) is 12.1 Å². The molecule has 2 aromatic carbocycles. The zero-order valence-corrected chi connectivity index (χ0v) is 19.5. The molecule has 0 bridgehead atoms. The molecule has 1 amide bonds. The van der Waals surface area contributed by atoms with E-state index in [2.05, 4.69) is 46.7 Å². The van der Waals surface area contributed by atoms with E-state index in [4.69, 9.17) is 4.74 Å². The molecular formula is C21H27BrN2O4S. The van der Waals surface area contributed by atoms with Gasteiger partial charge >= 0.3 is 0 Å². The van der Waals surface area contributed by atoms with Crippen LogP contribution in [0.4, 0.5) is 5.69 Å². The summed E-state index contributed by atoms with van der Waals surface area (Å²) in [6, 6.07) is 11.8. The Bertz CT molecular complexity index is 952. The molecule has 0 aliphatic carbocycles. The van der Waals surface area contributed by atoms with Gasteiger partial charge in [0.05, 0.1) is 9.37 Å². The summed E-state index contributed by atoms with van der Waals surface area (Å²) in [7, 11) is -3.53. The number of amides is 1. The number of hydrogen-bond acceptors (Lipinski definition) is 4. The number of rotatable bonds is 8.